The first-order chi connectivity index (χ1) is 7.65. The summed E-state index contributed by atoms with van der Waals surface area (Å²) in [6, 6.07) is 5.65. The van der Waals surface area contributed by atoms with E-state index in [-0.39, 0.29) is 5.91 Å². The summed E-state index contributed by atoms with van der Waals surface area (Å²) in [5.74, 6) is 1.23. The number of halogens is 1. The minimum atomic E-state index is -0.00288. The number of nitrogens with one attached hydrogen (secondary N) is 1. The van der Waals surface area contributed by atoms with Crippen LogP contribution < -0.4 is 10.1 Å². The van der Waals surface area contributed by atoms with Crippen molar-refractivity contribution in [3.05, 3.63) is 28.8 Å². The average molecular weight is 240 g/mol. The Balaban J connectivity index is 2.02. The maximum Gasteiger partial charge on any atom is 0.216 e. The molecular weight excluding hydrogens is 226 g/mol. The van der Waals surface area contributed by atoms with E-state index < -0.39 is 0 Å². The van der Waals surface area contributed by atoms with Crippen molar-refractivity contribution in [2.45, 2.75) is 13.3 Å². The summed E-state index contributed by atoms with van der Waals surface area (Å²) in [5.41, 5.74) is 1.12. The zero-order valence-corrected chi connectivity index (χ0v) is 9.88. The molecule has 0 bridgehead atoms. The van der Waals surface area contributed by atoms with Gasteiger partial charge in [-0.1, -0.05) is 11.6 Å². The maximum absolute atomic E-state index is 10.8. The zero-order chi connectivity index (χ0) is 11.5. The van der Waals surface area contributed by atoms with Gasteiger partial charge in [-0.25, -0.2) is 0 Å². The molecule has 4 heteroatoms. The predicted molar refractivity (Wildman–Crippen MR) is 62.8 cm³/mol. The fraction of sp³-hybridized carbons (Fsp3) is 0.417. The fourth-order valence-corrected chi connectivity index (χ4v) is 2.04. The Hall–Kier alpha value is -1.22. The molecule has 1 aliphatic rings. The summed E-state index contributed by atoms with van der Waals surface area (Å²) < 4.78 is 5.61. The van der Waals surface area contributed by atoms with Crippen LogP contribution in [0.5, 0.6) is 5.75 Å². The van der Waals surface area contributed by atoms with Crippen molar-refractivity contribution in [3.8, 4) is 5.75 Å². The highest BCUT2D eigenvalue weighted by Gasteiger charge is 2.20. The summed E-state index contributed by atoms with van der Waals surface area (Å²) in [6.45, 7) is 2.82. The summed E-state index contributed by atoms with van der Waals surface area (Å²) in [7, 11) is 0. The largest absolute Gasteiger partial charge is 0.493 e. The monoisotopic (exact) mass is 239 g/mol. The first kappa shape index (κ1) is 11.3. The highest BCUT2D eigenvalue weighted by atomic mass is 35.5. The molecule has 0 fully saturated rings. The molecule has 0 aliphatic carbocycles. The van der Waals surface area contributed by atoms with Crippen molar-refractivity contribution >= 4 is 17.5 Å². The number of hydrogen-bond donors (Lipinski definition) is 1. The van der Waals surface area contributed by atoms with Gasteiger partial charge in [-0.15, -0.1) is 0 Å². The molecule has 0 radical (unpaired) electrons. The van der Waals surface area contributed by atoms with E-state index in [0.29, 0.717) is 19.1 Å². The quantitative estimate of drug-likeness (QED) is 0.858. The third kappa shape index (κ3) is 2.67. The van der Waals surface area contributed by atoms with Gasteiger partial charge < -0.3 is 10.1 Å². The lowest BCUT2D eigenvalue weighted by Gasteiger charge is -2.25. The molecule has 1 heterocycles. The van der Waals surface area contributed by atoms with Gasteiger partial charge in [-0.05, 0) is 30.2 Å². The van der Waals surface area contributed by atoms with Crippen LogP contribution in [-0.2, 0) is 11.2 Å². The Morgan fingerprint density at radius 2 is 2.44 bits per heavy atom. The molecule has 1 aromatic rings. The second-order valence-electron chi connectivity index (χ2n) is 4.07. The fourth-order valence-electron chi connectivity index (χ4n) is 1.85. The van der Waals surface area contributed by atoms with Crippen LogP contribution >= 0.6 is 11.6 Å². The molecule has 0 saturated heterocycles. The molecule has 0 spiro atoms. The third-order valence-corrected chi connectivity index (χ3v) is 2.88. The Morgan fingerprint density at radius 3 is 3.19 bits per heavy atom. The van der Waals surface area contributed by atoms with Crippen LogP contribution in [0, 0.1) is 5.92 Å². The van der Waals surface area contributed by atoms with Gasteiger partial charge >= 0.3 is 0 Å². The second-order valence-corrected chi connectivity index (χ2v) is 4.51. The number of benzene rings is 1. The molecular formula is C12H14ClNO2. The molecule has 86 valence electrons. The summed E-state index contributed by atoms with van der Waals surface area (Å²) in [5, 5.41) is 3.53. The van der Waals surface area contributed by atoms with Crippen LogP contribution in [0.25, 0.3) is 0 Å². The number of fused-ring (bicyclic) bond motifs is 1. The molecule has 3 nitrogen and oxygen atoms in total. The number of carbonyl (C=O) groups is 1. The van der Waals surface area contributed by atoms with Crippen LogP contribution in [0.1, 0.15) is 12.5 Å². The Kier molecular flexibility index (Phi) is 3.34. The van der Waals surface area contributed by atoms with Gasteiger partial charge in [0.1, 0.15) is 5.75 Å². The van der Waals surface area contributed by atoms with Crippen molar-refractivity contribution in [3.63, 3.8) is 0 Å². The van der Waals surface area contributed by atoms with Gasteiger partial charge in [0.05, 0.1) is 6.61 Å². The Labute approximate surface area is 99.7 Å². The summed E-state index contributed by atoms with van der Waals surface area (Å²) in [4.78, 5) is 10.8. The van der Waals surface area contributed by atoms with Crippen LogP contribution in [0.15, 0.2) is 18.2 Å². The van der Waals surface area contributed by atoms with E-state index >= 15 is 0 Å². The highest BCUT2D eigenvalue weighted by Crippen LogP contribution is 2.29. The standard InChI is InChI=1S/C12H14ClNO2/c1-8(15)14-6-9-4-10-5-11(13)2-3-12(10)16-7-9/h2-3,5,9H,4,6-7H2,1H3,(H,14,15). The van der Waals surface area contributed by atoms with E-state index in [1.165, 1.54) is 6.92 Å². The predicted octanol–water partition coefficient (Wildman–Crippen LogP) is 2.03. The van der Waals surface area contributed by atoms with Crippen molar-refractivity contribution < 1.29 is 9.53 Å². The van der Waals surface area contributed by atoms with Crippen molar-refractivity contribution in [1.29, 1.82) is 0 Å². The van der Waals surface area contributed by atoms with E-state index in [4.69, 9.17) is 16.3 Å². The number of ether oxygens (including phenoxy) is 1. The Bertz CT molecular complexity index is 406. The molecule has 1 N–H and O–H groups in total. The molecule has 1 aromatic carbocycles. The molecule has 1 amide bonds. The van der Waals surface area contributed by atoms with Gasteiger partial charge in [0, 0.05) is 24.4 Å². The lowest BCUT2D eigenvalue weighted by molar-refractivity contribution is -0.119. The first-order valence-electron chi connectivity index (χ1n) is 5.31. The van der Waals surface area contributed by atoms with E-state index in [2.05, 4.69) is 5.32 Å². The second kappa shape index (κ2) is 4.74. The molecule has 0 saturated carbocycles. The van der Waals surface area contributed by atoms with E-state index in [1.54, 1.807) is 0 Å². The van der Waals surface area contributed by atoms with Crippen LogP contribution in [-0.4, -0.2) is 19.1 Å². The van der Waals surface area contributed by atoms with Crippen molar-refractivity contribution in [2.24, 2.45) is 5.92 Å². The van der Waals surface area contributed by atoms with E-state index in [0.717, 1.165) is 22.8 Å². The zero-order valence-electron chi connectivity index (χ0n) is 9.13. The van der Waals surface area contributed by atoms with Gasteiger partial charge in [0.2, 0.25) is 5.91 Å². The van der Waals surface area contributed by atoms with Gasteiger partial charge in [0.15, 0.2) is 0 Å². The topological polar surface area (TPSA) is 38.3 Å². The van der Waals surface area contributed by atoms with E-state index in [1.807, 2.05) is 18.2 Å². The van der Waals surface area contributed by atoms with Gasteiger partial charge in [-0.3, -0.25) is 4.79 Å². The first-order valence-corrected chi connectivity index (χ1v) is 5.68. The number of hydrogen-bond acceptors (Lipinski definition) is 2. The van der Waals surface area contributed by atoms with Crippen LogP contribution in [0.4, 0.5) is 0 Å². The molecule has 16 heavy (non-hydrogen) atoms. The number of rotatable bonds is 2. The minimum Gasteiger partial charge on any atom is -0.493 e. The summed E-state index contributed by atoms with van der Waals surface area (Å²) in [6.07, 6.45) is 0.899. The van der Waals surface area contributed by atoms with Crippen molar-refractivity contribution in [2.75, 3.05) is 13.2 Å². The van der Waals surface area contributed by atoms with Crippen molar-refractivity contribution in [1.82, 2.24) is 5.32 Å². The smallest absolute Gasteiger partial charge is 0.216 e. The number of amides is 1. The number of carbonyl (C=O) groups excluding carboxylic acids is 1. The third-order valence-electron chi connectivity index (χ3n) is 2.65. The minimum absolute atomic E-state index is 0.00288. The molecule has 1 atom stereocenters. The van der Waals surface area contributed by atoms with E-state index in [9.17, 15) is 4.79 Å². The van der Waals surface area contributed by atoms with Gasteiger partial charge in [-0.2, -0.15) is 0 Å². The molecule has 1 unspecified atom stereocenters. The molecule has 2 rings (SSSR count). The Morgan fingerprint density at radius 1 is 1.62 bits per heavy atom. The summed E-state index contributed by atoms with van der Waals surface area (Å²) >= 11 is 5.93. The average Bonchev–Trinajstić information content (AvgIpc) is 2.25. The van der Waals surface area contributed by atoms with Gasteiger partial charge in [0.25, 0.3) is 0 Å². The highest BCUT2D eigenvalue weighted by molar-refractivity contribution is 6.30. The normalized spacial score (nSPS) is 18.5. The molecule has 1 aliphatic heterocycles. The van der Waals surface area contributed by atoms with Crippen LogP contribution in [0.2, 0.25) is 5.02 Å². The lowest BCUT2D eigenvalue weighted by atomic mass is 9.97. The maximum atomic E-state index is 10.8. The molecule has 0 aromatic heterocycles. The SMILES string of the molecule is CC(=O)NCC1COc2ccc(Cl)cc2C1. The van der Waals surface area contributed by atoms with Crippen LogP contribution in [0.3, 0.4) is 0 Å². The lowest BCUT2D eigenvalue weighted by Crippen LogP contribution is -2.33.